The minimum absolute atomic E-state index is 0.239. The topological polar surface area (TPSA) is 17.3 Å². The number of aromatic nitrogens is 2. The maximum Gasteiger partial charge on any atom is 0.450 e. The van der Waals surface area contributed by atoms with Gasteiger partial charge in [-0.15, -0.1) is 0 Å². The molecule has 2 nitrogen and oxygen atoms in total. The van der Waals surface area contributed by atoms with E-state index < -0.39 is 12.0 Å². The fourth-order valence-corrected chi connectivity index (χ4v) is 3.19. The summed E-state index contributed by atoms with van der Waals surface area (Å²) >= 11 is 0. The lowest BCUT2D eigenvalue weighted by Crippen LogP contribution is -2.15. The van der Waals surface area contributed by atoms with E-state index in [9.17, 15) is 13.2 Å². The van der Waals surface area contributed by atoms with E-state index in [4.69, 9.17) is 0 Å². The van der Waals surface area contributed by atoms with Gasteiger partial charge in [0.2, 0.25) is 5.82 Å². The van der Waals surface area contributed by atoms with Crippen LogP contribution in [0.3, 0.4) is 0 Å². The van der Waals surface area contributed by atoms with E-state index in [0.717, 1.165) is 18.8 Å². The van der Waals surface area contributed by atoms with Crippen LogP contribution in [0.1, 0.15) is 30.3 Å². The van der Waals surface area contributed by atoms with Gasteiger partial charge >= 0.3 is 6.18 Å². The predicted molar refractivity (Wildman–Crippen MR) is 59.1 cm³/mol. The summed E-state index contributed by atoms with van der Waals surface area (Å²) in [5.41, 5.74) is 1.25. The van der Waals surface area contributed by atoms with Crippen molar-refractivity contribution in [1.82, 2.24) is 9.38 Å². The number of hydrogen-bond acceptors (Lipinski definition) is 1. The summed E-state index contributed by atoms with van der Waals surface area (Å²) in [4.78, 5) is 3.90. The first kappa shape index (κ1) is 10.4. The molecule has 2 aliphatic rings. The van der Waals surface area contributed by atoms with Gasteiger partial charge in [0.1, 0.15) is 0 Å². The van der Waals surface area contributed by atoms with Crippen LogP contribution in [0.4, 0.5) is 13.2 Å². The third-order valence-corrected chi connectivity index (χ3v) is 4.23. The van der Waals surface area contributed by atoms with Gasteiger partial charge in [0, 0.05) is 12.1 Å². The normalized spacial score (nSPS) is 30.1. The highest BCUT2D eigenvalue weighted by atomic mass is 19.4. The number of hydrogen-bond donors (Lipinski definition) is 0. The average Bonchev–Trinajstić information content (AvgIpc) is 2.78. The van der Waals surface area contributed by atoms with Gasteiger partial charge in [-0.25, -0.2) is 4.98 Å². The molecule has 2 saturated carbocycles. The zero-order valence-corrected chi connectivity index (χ0v) is 9.48. The molecule has 2 fully saturated rings. The van der Waals surface area contributed by atoms with E-state index in [1.54, 1.807) is 18.2 Å². The Hall–Kier alpha value is -1.52. The van der Waals surface area contributed by atoms with Crippen LogP contribution in [0.5, 0.6) is 0 Å². The van der Waals surface area contributed by atoms with E-state index in [-0.39, 0.29) is 5.92 Å². The summed E-state index contributed by atoms with van der Waals surface area (Å²) in [6, 6.07) is 5.10. The van der Waals surface area contributed by atoms with E-state index in [0.29, 0.717) is 17.1 Å². The van der Waals surface area contributed by atoms with Gasteiger partial charge < -0.3 is 0 Å². The molecule has 0 aliphatic heterocycles. The SMILES string of the molecule is FC(F)(F)c1nc(C2C[C@@H]3CC23)c2ccccn12. The second-order valence-corrected chi connectivity index (χ2v) is 5.28. The van der Waals surface area contributed by atoms with Crippen molar-refractivity contribution >= 4 is 5.52 Å². The van der Waals surface area contributed by atoms with E-state index in [1.807, 2.05) is 0 Å². The second-order valence-electron chi connectivity index (χ2n) is 5.28. The number of pyridine rings is 1. The molecule has 4 rings (SSSR count). The third-order valence-electron chi connectivity index (χ3n) is 4.23. The van der Waals surface area contributed by atoms with Crippen molar-refractivity contribution in [3.63, 3.8) is 0 Å². The van der Waals surface area contributed by atoms with E-state index >= 15 is 0 Å². The highest BCUT2D eigenvalue weighted by Crippen LogP contribution is 2.64. The van der Waals surface area contributed by atoms with Gasteiger partial charge in [-0.05, 0) is 36.8 Å². The van der Waals surface area contributed by atoms with Crippen LogP contribution >= 0.6 is 0 Å². The summed E-state index contributed by atoms with van der Waals surface area (Å²) in [6.07, 6.45) is -0.783. The molecule has 0 saturated heterocycles. The Morgan fingerprint density at radius 3 is 2.67 bits per heavy atom. The van der Waals surface area contributed by atoms with Crippen molar-refractivity contribution < 1.29 is 13.2 Å². The molecule has 3 atom stereocenters. The minimum Gasteiger partial charge on any atom is -0.296 e. The van der Waals surface area contributed by atoms with Gasteiger partial charge in [0.05, 0.1) is 11.2 Å². The summed E-state index contributed by atoms with van der Waals surface area (Å²) in [5, 5.41) is 0. The largest absolute Gasteiger partial charge is 0.450 e. The number of imidazole rings is 1. The number of halogens is 3. The van der Waals surface area contributed by atoms with Crippen molar-refractivity contribution in [3.8, 4) is 0 Å². The molecule has 2 heterocycles. The predicted octanol–water partition coefficient (Wildman–Crippen LogP) is 3.48. The molecule has 0 amide bonds. The van der Waals surface area contributed by atoms with E-state index in [1.165, 1.54) is 10.6 Å². The maximum absolute atomic E-state index is 12.9. The Bertz CT molecular complexity index is 629. The Balaban J connectivity index is 1.92. The van der Waals surface area contributed by atoms with E-state index in [2.05, 4.69) is 4.98 Å². The first-order valence-electron chi connectivity index (χ1n) is 6.10. The molecule has 0 spiro atoms. The molecule has 94 valence electrons. The Morgan fingerprint density at radius 2 is 2.06 bits per heavy atom. The molecule has 5 heteroatoms. The molecule has 2 aromatic rings. The van der Waals surface area contributed by atoms with Crippen LogP contribution in [0.25, 0.3) is 5.52 Å². The smallest absolute Gasteiger partial charge is 0.296 e. The molecule has 0 N–H and O–H groups in total. The molecule has 0 aromatic carbocycles. The van der Waals surface area contributed by atoms with Crippen molar-refractivity contribution in [3.05, 3.63) is 35.9 Å². The van der Waals surface area contributed by atoms with Gasteiger partial charge in [-0.3, -0.25) is 4.40 Å². The number of alkyl halides is 3. The highest BCUT2D eigenvalue weighted by molar-refractivity contribution is 5.56. The average molecular weight is 252 g/mol. The molecule has 0 radical (unpaired) electrons. The van der Waals surface area contributed by atoms with Gasteiger partial charge in [-0.2, -0.15) is 13.2 Å². The first-order valence-corrected chi connectivity index (χ1v) is 6.10. The lowest BCUT2D eigenvalue weighted by Gasteiger charge is -2.23. The van der Waals surface area contributed by atoms with Crippen molar-refractivity contribution in [1.29, 1.82) is 0 Å². The zero-order valence-electron chi connectivity index (χ0n) is 9.48. The summed E-state index contributed by atoms with van der Waals surface area (Å²) in [7, 11) is 0. The molecule has 2 aliphatic carbocycles. The van der Waals surface area contributed by atoms with Crippen molar-refractivity contribution in [2.24, 2.45) is 11.8 Å². The molecule has 0 bridgehead atoms. The summed E-state index contributed by atoms with van der Waals surface area (Å²) < 4.78 is 40.0. The summed E-state index contributed by atoms with van der Waals surface area (Å²) in [5.74, 6) is 0.787. The second kappa shape index (κ2) is 3.08. The highest BCUT2D eigenvalue weighted by Gasteiger charge is 2.55. The fourth-order valence-electron chi connectivity index (χ4n) is 3.19. The maximum atomic E-state index is 12.9. The number of fused-ring (bicyclic) bond motifs is 2. The van der Waals surface area contributed by atoms with Crippen molar-refractivity contribution in [2.45, 2.75) is 24.9 Å². The molecule has 18 heavy (non-hydrogen) atoms. The molecular formula is C13H11F3N2. The quantitative estimate of drug-likeness (QED) is 0.759. The molecule has 2 aromatic heterocycles. The van der Waals surface area contributed by atoms with Crippen molar-refractivity contribution in [2.75, 3.05) is 0 Å². The first-order chi connectivity index (χ1) is 8.55. The number of rotatable bonds is 1. The number of nitrogens with zero attached hydrogens (tertiary/aromatic N) is 2. The zero-order chi connectivity index (χ0) is 12.5. The van der Waals surface area contributed by atoms with Gasteiger partial charge in [0.25, 0.3) is 0 Å². The lowest BCUT2D eigenvalue weighted by atomic mass is 9.82. The Kier molecular flexibility index (Phi) is 1.78. The van der Waals surface area contributed by atoms with Crippen LogP contribution in [-0.4, -0.2) is 9.38 Å². The minimum atomic E-state index is -4.39. The van der Waals surface area contributed by atoms with Crippen LogP contribution in [0.2, 0.25) is 0 Å². The lowest BCUT2D eigenvalue weighted by molar-refractivity contribution is -0.145. The van der Waals surface area contributed by atoms with Gasteiger partial charge in [0.15, 0.2) is 0 Å². The molecular weight excluding hydrogens is 241 g/mol. The van der Waals surface area contributed by atoms with Crippen LogP contribution in [0, 0.1) is 11.8 Å². The standard InChI is InChI=1S/C13H11F3N2/c14-13(15,16)12-17-11(9-6-7-5-8(7)9)10-3-1-2-4-18(10)12/h1-4,7-9H,5-6H2/t7-,8?,9?/m0/s1. The van der Waals surface area contributed by atoms with Crippen LogP contribution in [0.15, 0.2) is 24.4 Å². The fraction of sp³-hybridized carbons (Fsp3) is 0.462. The van der Waals surface area contributed by atoms with Crippen LogP contribution < -0.4 is 0 Å². The van der Waals surface area contributed by atoms with Crippen LogP contribution in [-0.2, 0) is 6.18 Å². The third kappa shape index (κ3) is 1.27. The van der Waals surface area contributed by atoms with Gasteiger partial charge in [-0.1, -0.05) is 6.07 Å². The molecule has 2 unspecified atom stereocenters. The summed E-state index contributed by atoms with van der Waals surface area (Å²) in [6.45, 7) is 0. The Labute approximate surface area is 101 Å². The Morgan fingerprint density at radius 1 is 1.22 bits per heavy atom. The monoisotopic (exact) mass is 252 g/mol.